The molecule has 6 heteroatoms. The highest BCUT2D eigenvalue weighted by Gasteiger charge is 2.11. The fraction of sp³-hybridized carbons (Fsp3) is 0.0667. The number of carbonyl (C=O) groups is 1. The van der Waals surface area contributed by atoms with E-state index in [1.54, 1.807) is 6.07 Å². The van der Waals surface area contributed by atoms with Crippen molar-refractivity contribution in [2.45, 2.75) is 6.92 Å². The van der Waals surface area contributed by atoms with Crippen LogP contribution in [0.2, 0.25) is 5.15 Å². The number of fused-ring (bicyclic) bond motifs is 1. The van der Waals surface area contributed by atoms with Crippen LogP contribution < -0.4 is 5.32 Å². The van der Waals surface area contributed by atoms with E-state index in [2.05, 4.69) is 20.3 Å². The smallest absolute Gasteiger partial charge is 0.275 e. The molecule has 0 aliphatic carbocycles. The molecule has 3 aromatic rings. The van der Waals surface area contributed by atoms with Crippen molar-refractivity contribution in [2.75, 3.05) is 5.32 Å². The number of pyridine rings is 1. The largest absolute Gasteiger partial charge is 0.319 e. The minimum Gasteiger partial charge on any atom is -0.319 e. The van der Waals surface area contributed by atoms with Gasteiger partial charge in [0.1, 0.15) is 10.8 Å². The molecule has 0 bridgehead atoms. The Labute approximate surface area is 126 Å². The van der Waals surface area contributed by atoms with Gasteiger partial charge in [0, 0.05) is 11.1 Å². The highest BCUT2D eigenvalue weighted by atomic mass is 35.5. The third-order valence-electron chi connectivity index (χ3n) is 2.96. The predicted octanol–water partition coefficient (Wildman–Crippen LogP) is 3.24. The van der Waals surface area contributed by atoms with Crippen molar-refractivity contribution in [3.8, 4) is 0 Å². The van der Waals surface area contributed by atoms with Crippen LogP contribution in [0.4, 0.5) is 5.69 Å². The molecule has 0 aliphatic heterocycles. The first kappa shape index (κ1) is 13.5. The van der Waals surface area contributed by atoms with Gasteiger partial charge in [-0.1, -0.05) is 29.8 Å². The summed E-state index contributed by atoms with van der Waals surface area (Å²) in [6.45, 7) is 1.91. The summed E-state index contributed by atoms with van der Waals surface area (Å²) in [7, 11) is 0. The maximum absolute atomic E-state index is 12.2. The summed E-state index contributed by atoms with van der Waals surface area (Å²) in [5, 5.41) is 4.00. The zero-order valence-corrected chi connectivity index (χ0v) is 11.9. The molecule has 2 heterocycles. The number of para-hydroxylation sites is 1. The first-order valence-corrected chi connectivity index (χ1v) is 6.66. The number of rotatable bonds is 2. The Balaban J connectivity index is 1.96. The summed E-state index contributed by atoms with van der Waals surface area (Å²) in [4.78, 5) is 24.4. The molecule has 3 rings (SSSR count). The number of aryl methyl sites for hydroxylation is 1. The highest BCUT2D eigenvalue weighted by molar-refractivity contribution is 6.29. The number of anilines is 1. The van der Waals surface area contributed by atoms with Gasteiger partial charge in [0.2, 0.25) is 0 Å². The monoisotopic (exact) mass is 298 g/mol. The molecule has 0 aliphatic rings. The summed E-state index contributed by atoms with van der Waals surface area (Å²) in [6.07, 6.45) is 2.67. The summed E-state index contributed by atoms with van der Waals surface area (Å²) in [5.74, 6) is -0.352. The normalized spacial score (nSPS) is 10.6. The lowest BCUT2D eigenvalue weighted by atomic mass is 10.1. The van der Waals surface area contributed by atoms with E-state index in [1.807, 2.05) is 31.2 Å². The molecular weight excluding hydrogens is 288 g/mol. The average molecular weight is 299 g/mol. The van der Waals surface area contributed by atoms with E-state index in [9.17, 15) is 4.79 Å². The molecule has 1 amide bonds. The van der Waals surface area contributed by atoms with Crippen molar-refractivity contribution in [3.63, 3.8) is 0 Å². The molecule has 0 unspecified atom stereocenters. The standard InChI is InChI=1S/C15H11ClN4O/c1-9-5-6-10-3-2-4-11(14(10)19-9)20-15(21)12-7-18-13(16)8-17-12/h2-8H,1H3,(H,20,21). The minimum atomic E-state index is -0.352. The topological polar surface area (TPSA) is 67.8 Å². The van der Waals surface area contributed by atoms with Crippen LogP contribution in [0.15, 0.2) is 42.7 Å². The number of hydrogen-bond acceptors (Lipinski definition) is 4. The number of halogens is 1. The highest BCUT2D eigenvalue weighted by Crippen LogP contribution is 2.22. The lowest BCUT2D eigenvalue weighted by Gasteiger charge is -2.08. The molecule has 5 nitrogen and oxygen atoms in total. The third-order valence-corrected chi connectivity index (χ3v) is 3.16. The van der Waals surface area contributed by atoms with Crippen LogP contribution in [0.3, 0.4) is 0 Å². The predicted molar refractivity (Wildman–Crippen MR) is 81.5 cm³/mol. The van der Waals surface area contributed by atoms with Crippen LogP contribution >= 0.6 is 11.6 Å². The van der Waals surface area contributed by atoms with Crippen molar-refractivity contribution < 1.29 is 4.79 Å². The Kier molecular flexibility index (Phi) is 3.50. The fourth-order valence-corrected chi connectivity index (χ4v) is 2.06. The number of nitrogens with zero attached hydrogens (tertiary/aromatic N) is 3. The number of aromatic nitrogens is 3. The first-order chi connectivity index (χ1) is 10.1. The first-order valence-electron chi connectivity index (χ1n) is 6.29. The van der Waals surface area contributed by atoms with Gasteiger partial charge in [0.05, 0.1) is 23.6 Å². The number of hydrogen-bond donors (Lipinski definition) is 1. The molecule has 0 fully saturated rings. The van der Waals surface area contributed by atoms with E-state index >= 15 is 0 Å². The summed E-state index contributed by atoms with van der Waals surface area (Å²) >= 11 is 5.66. The zero-order valence-electron chi connectivity index (χ0n) is 11.2. The molecule has 21 heavy (non-hydrogen) atoms. The van der Waals surface area contributed by atoms with Gasteiger partial charge in [-0.05, 0) is 19.1 Å². The quantitative estimate of drug-likeness (QED) is 0.788. The van der Waals surface area contributed by atoms with E-state index < -0.39 is 0 Å². The van der Waals surface area contributed by atoms with Crippen molar-refractivity contribution in [1.82, 2.24) is 15.0 Å². The Bertz CT molecular complexity index is 818. The summed E-state index contributed by atoms with van der Waals surface area (Å²) in [5.41, 5.74) is 2.46. The van der Waals surface area contributed by atoms with Gasteiger partial charge in [0.25, 0.3) is 5.91 Å². The van der Waals surface area contributed by atoms with Crippen LogP contribution in [0, 0.1) is 6.92 Å². The summed E-state index contributed by atoms with van der Waals surface area (Å²) < 4.78 is 0. The van der Waals surface area contributed by atoms with Crippen molar-refractivity contribution in [1.29, 1.82) is 0 Å². The number of nitrogens with one attached hydrogen (secondary N) is 1. The molecular formula is C15H11ClN4O. The van der Waals surface area contributed by atoms with Gasteiger partial charge in [-0.15, -0.1) is 0 Å². The van der Waals surface area contributed by atoms with E-state index in [-0.39, 0.29) is 16.8 Å². The van der Waals surface area contributed by atoms with E-state index in [0.717, 1.165) is 16.6 Å². The number of carbonyl (C=O) groups excluding carboxylic acids is 1. The van der Waals surface area contributed by atoms with Gasteiger partial charge in [-0.2, -0.15) is 0 Å². The molecule has 0 spiro atoms. The molecule has 1 N–H and O–H groups in total. The summed E-state index contributed by atoms with van der Waals surface area (Å²) in [6, 6.07) is 9.51. The van der Waals surface area contributed by atoms with Gasteiger partial charge in [-0.3, -0.25) is 9.78 Å². The van der Waals surface area contributed by atoms with Crippen LogP contribution in [-0.4, -0.2) is 20.9 Å². The van der Waals surface area contributed by atoms with Crippen LogP contribution in [0.25, 0.3) is 10.9 Å². The van der Waals surface area contributed by atoms with E-state index in [0.29, 0.717) is 5.69 Å². The second-order valence-electron chi connectivity index (χ2n) is 4.51. The number of amides is 1. The molecule has 104 valence electrons. The Morgan fingerprint density at radius 3 is 2.76 bits per heavy atom. The Hall–Kier alpha value is -2.53. The average Bonchev–Trinajstić information content (AvgIpc) is 2.48. The second-order valence-corrected chi connectivity index (χ2v) is 4.90. The van der Waals surface area contributed by atoms with Crippen LogP contribution in [0.1, 0.15) is 16.2 Å². The second kappa shape index (κ2) is 5.46. The van der Waals surface area contributed by atoms with Crippen LogP contribution in [-0.2, 0) is 0 Å². The number of benzene rings is 1. The maximum Gasteiger partial charge on any atom is 0.275 e. The SMILES string of the molecule is Cc1ccc2cccc(NC(=O)c3cnc(Cl)cn3)c2n1. The maximum atomic E-state index is 12.2. The van der Waals surface area contributed by atoms with Crippen molar-refractivity contribution >= 4 is 34.1 Å². The van der Waals surface area contributed by atoms with Gasteiger partial charge in [0.15, 0.2) is 0 Å². The molecule has 0 radical (unpaired) electrons. The zero-order chi connectivity index (χ0) is 14.8. The van der Waals surface area contributed by atoms with E-state index in [4.69, 9.17) is 11.6 Å². The minimum absolute atomic E-state index is 0.198. The molecule has 0 atom stereocenters. The Morgan fingerprint density at radius 2 is 2.00 bits per heavy atom. The van der Waals surface area contributed by atoms with Crippen molar-refractivity contribution in [3.05, 3.63) is 59.3 Å². The molecule has 1 aromatic carbocycles. The molecule has 2 aromatic heterocycles. The molecule has 0 saturated heterocycles. The fourth-order valence-electron chi connectivity index (χ4n) is 1.96. The van der Waals surface area contributed by atoms with Gasteiger partial charge in [-0.25, -0.2) is 9.97 Å². The third kappa shape index (κ3) is 2.83. The lowest BCUT2D eigenvalue weighted by molar-refractivity contribution is 0.102. The Morgan fingerprint density at radius 1 is 1.14 bits per heavy atom. The van der Waals surface area contributed by atoms with Gasteiger partial charge >= 0.3 is 0 Å². The van der Waals surface area contributed by atoms with Crippen molar-refractivity contribution in [2.24, 2.45) is 0 Å². The van der Waals surface area contributed by atoms with E-state index in [1.165, 1.54) is 12.4 Å². The molecule has 0 saturated carbocycles. The lowest BCUT2D eigenvalue weighted by Crippen LogP contribution is -2.14. The van der Waals surface area contributed by atoms with Gasteiger partial charge < -0.3 is 5.32 Å². The van der Waals surface area contributed by atoms with Crippen LogP contribution in [0.5, 0.6) is 0 Å².